The van der Waals surface area contributed by atoms with E-state index >= 15 is 0 Å². The SMILES string of the molecule is CNSC.Cc1c(C(N)=O)sc2ncnc(Nc3ccc(F)cc3OC3CCCCC3)c12. The second-order valence-electron chi connectivity index (χ2n) is 7.37. The van der Waals surface area contributed by atoms with Crippen LogP contribution in [0.2, 0.25) is 0 Å². The zero-order valence-electron chi connectivity index (χ0n) is 18.4. The minimum absolute atomic E-state index is 0.0888. The normalized spacial score (nSPS) is 14.0. The first-order valence-electron chi connectivity index (χ1n) is 10.4. The largest absolute Gasteiger partial charge is 0.488 e. The minimum Gasteiger partial charge on any atom is -0.488 e. The molecule has 1 aromatic carbocycles. The summed E-state index contributed by atoms with van der Waals surface area (Å²) in [6.45, 7) is 1.82. The lowest BCUT2D eigenvalue weighted by Crippen LogP contribution is -2.20. The highest BCUT2D eigenvalue weighted by Crippen LogP contribution is 2.37. The van der Waals surface area contributed by atoms with Crippen LogP contribution in [0, 0.1) is 12.7 Å². The van der Waals surface area contributed by atoms with Crippen LogP contribution in [-0.4, -0.2) is 35.3 Å². The number of hydrogen-bond donors (Lipinski definition) is 3. The molecule has 7 nitrogen and oxygen atoms in total. The number of aryl methyl sites for hydroxylation is 1. The molecule has 10 heteroatoms. The van der Waals surface area contributed by atoms with Crippen LogP contribution in [0.5, 0.6) is 5.75 Å². The summed E-state index contributed by atoms with van der Waals surface area (Å²) in [5, 5.41) is 3.97. The van der Waals surface area contributed by atoms with Crippen molar-refractivity contribution in [1.82, 2.24) is 14.7 Å². The molecular formula is C22H28FN5O2S2. The van der Waals surface area contributed by atoms with Crippen LogP contribution < -0.4 is 20.5 Å². The molecule has 0 unspecified atom stereocenters. The maximum Gasteiger partial charge on any atom is 0.259 e. The molecule has 4 rings (SSSR count). The van der Waals surface area contributed by atoms with Gasteiger partial charge in [-0.05, 0) is 63.6 Å². The van der Waals surface area contributed by atoms with E-state index in [1.54, 1.807) is 18.0 Å². The van der Waals surface area contributed by atoms with E-state index in [2.05, 4.69) is 20.0 Å². The van der Waals surface area contributed by atoms with Crippen molar-refractivity contribution in [2.24, 2.45) is 5.73 Å². The fraction of sp³-hybridized carbons (Fsp3) is 0.409. The molecule has 3 aromatic rings. The molecule has 32 heavy (non-hydrogen) atoms. The Balaban J connectivity index is 0.000000668. The fourth-order valence-corrected chi connectivity index (χ4v) is 4.59. The number of fused-ring (bicyclic) bond motifs is 1. The lowest BCUT2D eigenvalue weighted by Gasteiger charge is -2.24. The number of aromatic nitrogens is 2. The van der Waals surface area contributed by atoms with E-state index < -0.39 is 5.91 Å². The summed E-state index contributed by atoms with van der Waals surface area (Å²) in [5.74, 6) is 0.148. The van der Waals surface area contributed by atoms with E-state index in [1.807, 2.05) is 20.2 Å². The molecule has 2 heterocycles. The van der Waals surface area contributed by atoms with Gasteiger partial charge in [0.25, 0.3) is 5.91 Å². The van der Waals surface area contributed by atoms with Crippen LogP contribution >= 0.6 is 23.3 Å². The molecule has 1 aliphatic carbocycles. The van der Waals surface area contributed by atoms with Gasteiger partial charge in [0, 0.05) is 6.07 Å². The summed E-state index contributed by atoms with van der Waals surface area (Å²) in [6, 6.07) is 4.41. The van der Waals surface area contributed by atoms with Gasteiger partial charge in [0.05, 0.1) is 22.1 Å². The summed E-state index contributed by atoms with van der Waals surface area (Å²) in [5.41, 5.74) is 6.82. The number of carbonyl (C=O) groups excluding carboxylic acids is 1. The fourth-order valence-electron chi connectivity index (χ4n) is 3.59. The lowest BCUT2D eigenvalue weighted by molar-refractivity contribution is 0.100. The highest BCUT2D eigenvalue weighted by molar-refractivity contribution is 7.96. The number of carbonyl (C=O) groups is 1. The second-order valence-corrected chi connectivity index (χ2v) is 9.19. The van der Waals surface area contributed by atoms with Crippen LogP contribution in [-0.2, 0) is 0 Å². The van der Waals surface area contributed by atoms with Gasteiger partial charge in [-0.1, -0.05) is 18.4 Å². The number of anilines is 2. The maximum atomic E-state index is 13.9. The molecule has 0 saturated heterocycles. The molecule has 4 N–H and O–H groups in total. The van der Waals surface area contributed by atoms with Crippen molar-refractivity contribution in [3.05, 3.63) is 40.8 Å². The molecule has 0 spiro atoms. The summed E-state index contributed by atoms with van der Waals surface area (Å²) >= 11 is 2.84. The zero-order chi connectivity index (χ0) is 23.1. The number of hydrogen-bond acceptors (Lipinski definition) is 8. The molecule has 172 valence electrons. The topological polar surface area (TPSA) is 102 Å². The molecular weight excluding hydrogens is 449 g/mol. The number of thiophene rings is 1. The van der Waals surface area contributed by atoms with Gasteiger partial charge in [-0.25, -0.2) is 14.4 Å². The van der Waals surface area contributed by atoms with Crippen LogP contribution in [0.1, 0.15) is 47.3 Å². The zero-order valence-corrected chi connectivity index (χ0v) is 20.0. The number of primary amides is 1. The summed E-state index contributed by atoms with van der Waals surface area (Å²) < 4.78 is 22.8. The number of nitrogens with two attached hydrogens (primary N) is 1. The van der Waals surface area contributed by atoms with E-state index in [-0.39, 0.29) is 11.9 Å². The van der Waals surface area contributed by atoms with Crippen molar-refractivity contribution in [3.63, 3.8) is 0 Å². The van der Waals surface area contributed by atoms with Crippen LogP contribution in [0.3, 0.4) is 0 Å². The third-order valence-corrected chi connectivity index (χ3v) is 6.82. The Kier molecular flexibility index (Phi) is 8.66. The van der Waals surface area contributed by atoms with Crippen molar-refractivity contribution in [2.45, 2.75) is 45.1 Å². The molecule has 0 bridgehead atoms. The highest BCUT2D eigenvalue weighted by Gasteiger charge is 2.20. The molecule has 1 fully saturated rings. The Hall–Kier alpha value is -2.43. The number of ether oxygens (including phenoxy) is 1. The van der Waals surface area contributed by atoms with Gasteiger partial charge in [-0.15, -0.1) is 11.3 Å². The van der Waals surface area contributed by atoms with Crippen molar-refractivity contribution >= 4 is 50.9 Å². The van der Waals surface area contributed by atoms with Crippen molar-refractivity contribution in [3.8, 4) is 5.75 Å². The van der Waals surface area contributed by atoms with Crippen molar-refractivity contribution in [2.75, 3.05) is 18.6 Å². The number of rotatable bonds is 6. The number of halogens is 1. The predicted molar refractivity (Wildman–Crippen MR) is 130 cm³/mol. The monoisotopic (exact) mass is 477 g/mol. The van der Waals surface area contributed by atoms with Crippen LogP contribution in [0.15, 0.2) is 24.5 Å². The number of benzene rings is 1. The Morgan fingerprint density at radius 2 is 2.00 bits per heavy atom. The number of nitrogens with one attached hydrogen (secondary N) is 2. The van der Waals surface area contributed by atoms with Crippen LogP contribution in [0.4, 0.5) is 15.9 Å². The Morgan fingerprint density at radius 3 is 2.66 bits per heavy atom. The number of amides is 1. The molecule has 2 aromatic heterocycles. The van der Waals surface area contributed by atoms with E-state index in [0.717, 1.165) is 36.6 Å². The van der Waals surface area contributed by atoms with Gasteiger partial charge >= 0.3 is 0 Å². The lowest BCUT2D eigenvalue weighted by atomic mass is 9.98. The molecule has 1 saturated carbocycles. The van der Waals surface area contributed by atoms with E-state index in [0.29, 0.717) is 27.0 Å². The van der Waals surface area contributed by atoms with Gasteiger partial charge in [0.1, 0.15) is 28.5 Å². The first-order chi connectivity index (χ1) is 15.4. The summed E-state index contributed by atoms with van der Waals surface area (Å²) in [7, 11) is 1.89. The van der Waals surface area contributed by atoms with Crippen molar-refractivity contribution in [1.29, 1.82) is 0 Å². The molecule has 1 aliphatic rings. The number of nitrogens with zero attached hydrogens (tertiary/aromatic N) is 2. The second kappa shape index (κ2) is 11.4. The average Bonchev–Trinajstić information content (AvgIpc) is 3.14. The summed E-state index contributed by atoms with van der Waals surface area (Å²) in [4.78, 5) is 21.4. The average molecular weight is 478 g/mol. The van der Waals surface area contributed by atoms with Crippen LogP contribution in [0.25, 0.3) is 10.2 Å². The van der Waals surface area contributed by atoms with E-state index in [9.17, 15) is 9.18 Å². The third kappa shape index (κ3) is 5.87. The molecule has 1 amide bonds. The Labute approximate surface area is 195 Å². The highest BCUT2D eigenvalue weighted by atomic mass is 32.2. The third-order valence-electron chi connectivity index (χ3n) is 5.20. The molecule has 0 aliphatic heterocycles. The van der Waals surface area contributed by atoms with Gasteiger partial charge in [-0.3, -0.25) is 9.52 Å². The van der Waals surface area contributed by atoms with Gasteiger partial charge in [-0.2, -0.15) is 0 Å². The Morgan fingerprint density at radius 1 is 1.28 bits per heavy atom. The van der Waals surface area contributed by atoms with Gasteiger partial charge in [0.15, 0.2) is 0 Å². The Bertz CT molecular complexity index is 1070. The maximum absolute atomic E-state index is 13.9. The summed E-state index contributed by atoms with van der Waals surface area (Å²) in [6.07, 6.45) is 8.91. The standard InChI is InChI=1S/C20H21FN4O2S.C2H7NS/c1-11-16-19(23-10-24-20(16)28-17(11)18(22)26)25-14-8-7-12(21)9-15(14)27-13-5-3-2-4-6-13;1-3-4-2/h7-10,13H,2-6H2,1H3,(H2,22,26)(H,23,24,25);3H,1-2H3. The predicted octanol–water partition coefficient (Wildman–Crippen LogP) is 5.18. The van der Waals surface area contributed by atoms with E-state index in [4.69, 9.17) is 10.5 Å². The smallest absolute Gasteiger partial charge is 0.259 e. The van der Waals surface area contributed by atoms with Gasteiger partial charge in [0.2, 0.25) is 0 Å². The van der Waals surface area contributed by atoms with Gasteiger partial charge < -0.3 is 15.8 Å². The quantitative estimate of drug-likeness (QED) is 0.421. The first kappa shape index (κ1) is 24.2. The van der Waals surface area contributed by atoms with E-state index in [1.165, 1.54) is 36.2 Å². The molecule has 0 radical (unpaired) electrons. The molecule has 0 atom stereocenters. The first-order valence-corrected chi connectivity index (χ1v) is 12.5. The minimum atomic E-state index is -0.491. The van der Waals surface area contributed by atoms with Crippen molar-refractivity contribution < 1.29 is 13.9 Å².